The monoisotopic (exact) mass is 459 g/mol. The van der Waals surface area contributed by atoms with Crippen LogP contribution >= 0.6 is 15.9 Å². The quantitative estimate of drug-likeness (QED) is 0.293. The normalized spacial score (nSPS) is 12.6. The predicted octanol–water partition coefficient (Wildman–Crippen LogP) is 4.01. The van der Waals surface area contributed by atoms with E-state index in [4.69, 9.17) is 15.2 Å². The molecule has 8 nitrogen and oxygen atoms in total. The standard InChI is InChI=1S/C20H18BrN3O5/c1-12(2-9-18(26)24-28)19(16-10-14(21)5-8-17(16)25)29-20(27)23-15-6-3-13(11-22)4-7-15/h2-10,12,19,25,28H,1H3,(H,23,27)(H,24,26)/b9-2+/t12-,19-/m0/s1. The molecule has 2 atom stereocenters. The Labute approximate surface area is 175 Å². The van der Waals surface area contributed by atoms with Crippen LogP contribution in [0, 0.1) is 17.2 Å². The zero-order chi connectivity index (χ0) is 21.4. The molecule has 2 aromatic carbocycles. The number of carbonyl (C=O) groups excluding carboxylic acids is 2. The van der Waals surface area contributed by atoms with Gasteiger partial charge in [-0.25, -0.2) is 10.3 Å². The lowest BCUT2D eigenvalue weighted by Crippen LogP contribution is -2.22. The minimum Gasteiger partial charge on any atom is -0.508 e. The molecule has 0 bridgehead atoms. The highest BCUT2D eigenvalue weighted by atomic mass is 79.9. The van der Waals surface area contributed by atoms with Crippen molar-refractivity contribution in [2.75, 3.05) is 5.32 Å². The zero-order valence-corrected chi connectivity index (χ0v) is 16.9. The molecule has 2 aromatic rings. The summed E-state index contributed by atoms with van der Waals surface area (Å²) in [5.74, 6) is -1.36. The fourth-order valence-electron chi connectivity index (χ4n) is 2.48. The minimum absolute atomic E-state index is 0.0868. The second kappa shape index (κ2) is 10.3. The van der Waals surface area contributed by atoms with E-state index in [-0.39, 0.29) is 5.75 Å². The van der Waals surface area contributed by atoms with E-state index in [0.717, 1.165) is 6.08 Å². The summed E-state index contributed by atoms with van der Waals surface area (Å²) in [7, 11) is 0. The molecule has 0 saturated heterocycles. The number of hydroxylamine groups is 1. The van der Waals surface area contributed by atoms with E-state index in [0.29, 0.717) is 21.3 Å². The first-order valence-corrected chi connectivity index (χ1v) is 9.21. The van der Waals surface area contributed by atoms with Crippen molar-refractivity contribution in [3.05, 3.63) is 70.2 Å². The van der Waals surface area contributed by atoms with E-state index in [1.54, 1.807) is 43.3 Å². The van der Waals surface area contributed by atoms with E-state index in [1.165, 1.54) is 17.6 Å². The van der Waals surface area contributed by atoms with Gasteiger partial charge in [-0.1, -0.05) is 28.9 Å². The number of nitrogens with one attached hydrogen (secondary N) is 2. The number of nitrogens with zero attached hydrogens (tertiary/aromatic N) is 1. The van der Waals surface area contributed by atoms with Gasteiger partial charge < -0.3 is 9.84 Å². The molecule has 29 heavy (non-hydrogen) atoms. The molecule has 9 heteroatoms. The number of ether oxygens (including phenoxy) is 1. The van der Waals surface area contributed by atoms with Crippen molar-refractivity contribution in [1.82, 2.24) is 5.48 Å². The maximum Gasteiger partial charge on any atom is 0.412 e. The van der Waals surface area contributed by atoms with Crippen LogP contribution in [-0.4, -0.2) is 22.3 Å². The average molecular weight is 460 g/mol. The van der Waals surface area contributed by atoms with E-state index >= 15 is 0 Å². The maximum absolute atomic E-state index is 12.4. The van der Waals surface area contributed by atoms with Gasteiger partial charge in [0.1, 0.15) is 11.9 Å². The first kappa shape index (κ1) is 21.9. The Bertz CT molecular complexity index is 954. The second-order valence-electron chi connectivity index (χ2n) is 6.04. The molecular formula is C20H18BrN3O5. The first-order valence-electron chi connectivity index (χ1n) is 8.42. The van der Waals surface area contributed by atoms with Crippen LogP contribution in [0.1, 0.15) is 24.2 Å². The van der Waals surface area contributed by atoms with E-state index in [9.17, 15) is 14.7 Å². The lowest BCUT2D eigenvalue weighted by molar-refractivity contribution is -0.124. The minimum atomic E-state index is -0.936. The van der Waals surface area contributed by atoms with E-state index < -0.39 is 24.0 Å². The van der Waals surface area contributed by atoms with E-state index in [2.05, 4.69) is 21.2 Å². The Morgan fingerprint density at radius 2 is 1.93 bits per heavy atom. The molecule has 2 amide bonds. The van der Waals surface area contributed by atoms with E-state index in [1.807, 2.05) is 6.07 Å². The summed E-state index contributed by atoms with van der Waals surface area (Å²) < 4.78 is 6.18. The average Bonchev–Trinajstić information content (AvgIpc) is 2.72. The summed E-state index contributed by atoms with van der Waals surface area (Å²) in [6, 6.07) is 12.9. The number of halogens is 1. The molecule has 150 valence electrons. The molecule has 0 fully saturated rings. The third-order valence-electron chi connectivity index (χ3n) is 3.93. The molecule has 2 rings (SSSR count). The number of phenolic OH excluding ortho intramolecular Hbond substituents is 1. The van der Waals surface area contributed by atoms with Crippen LogP contribution in [0.25, 0.3) is 0 Å². The smallest absolute Gasteiger partial charge is 0.412 e. The van der Waals surface area contributed by atoms with Gasteiger partial charge in [0.25, 0.3) is 5.91 Å². The topological polar surface area (TPSA) is 132 Å². The summed E-state index contributed by atoms with van der Waals surface area (Å²) in [6.45, 7) is 1.68. The van der Waals surface area contributed by atoms with Gasteiger partial charge in [-0.2, -0.15) is 5.26 Å². The molecule has 0 heterocycles. The van der Waals surface area contributed by atoms with Crippen molar-refractivity contribution < 1.29 is 24.6 Å². The van der Waals surface area contributed by atoms with Gasteiger partial charge >= 0.3 is 6.09 Å². The number of aromatic hydroxyl groups is 1. The van der Waals surface area contributed by atoms with Crippen molar-refractivity contribution in [3.8, 4) is 11.8 Å². The van der Waals surface area contributed by atoms with Gasteiger partial charge in [-0.3, -0.25) is 15.3 Å². The van der Waals surface area contributed by atoms with Crippen LogP contribution in [0.5, 0.6) is 5.75 Å². The molecule has 0 spiro atoms. The van der Waals surface area contributed by atoms with Gasteiger partial charge in [-0.15, -0.1) is 0 Å². The third-order valence-corrected chi connectivity index (χ3v) is 4.42. The lowest BCUT2D eigenvalue weighted by atomic mass is 9.96. The van der Waals surface area contributed by atoms with Crippen LogP contribution in [0.3, 0.4) is 0 Å². The number of hydrogen-bond acceptors (Lipinski definition) is 6. The molecule has 0 aliphatic rings. The second-order valence-corrected chi connectivity index (χ2v) is 6.95. The van der Waals surface area contributed by atoms with Gasteiger partial charge in [0.05, 0.1) is 11.6 Å². The summed E-state index contributed by atoms with van der Waals surface area (Å²) in [5.41, 5.74) is 2.68. The van der Waals surface area contributed by atoms with Crippen LogP contribution in [0.15, 0.2) is 59.1 Å². The molecule has 0 aliphatic heterocycles. The van der Waals surface area contributed by atoms with Crippen LogP contribution in [0.2, 0.25) is 0 Å². The van der Waals surface area contributed by atoms with Gasteiger partial charge in [-0.05, 0) is 42.5 Å². The van der Waals surface area contributed by atoms with Gasteiger partial charge in [0, 0.05) is 27.7 Å². The van der Waals surface area contributed by atoms with Crippen LogP contribution in [-0.2, 0) is 9.53 Å². The Morgan fingerprint density at radius 3 is 2.55 bits per heavy atom. The first-order chi connectivity index (χ1) is 13.8. The zero-order valence-electron chi connectivity index (χ0n) is 15.3. The number of hydrogen-bond donors (Lipinski definition) is 4. The highest BCUT2D eigenvalue weighted by Gasteiger charge is 2.25. The molecule has 0 aromatic heterocycles. The highest BCUT2D eigenvalue weighted by molar-refractivity contribution is 9.10. The fraction of sp³-hybridized carbons (Fsp3) is 0.150. The Morgan fingerprint density at radius 1 is 1.24 bits per heavy atom. The van der Waals surface area contributed by atoms with Crippen molar-refractivity contribution in [2.24, 2.45) is 5.92 Å². The molecule has 0 radical (unpaired) electrons. The third kappa shape index (κ3) is 6.34. The summed E-state index contributed by atoms with van der Waals surface area (Å²) in [6.07, 6.45) is 0.805. The largest absolute Gasteiger partial charge is 0.508 e. The summed E-state index contributed by atoms with van der Waals surface area (Å²) in [4.78, 5) is 23.7. The number of amides is 2. The summed E-state index contributed by atoms with van der Waals surface area (Å²) in [5, 5.41) is 30.2. The van der Waals surface area contributed by atoms with Crippen LogP contribution < -0.4 is 10.8 Å². The fourth-order valence-corrected chi connectivity index (χ4v) is 2.85. The van der Waals surface area contributed by atoms with Crippen molar-refractivity contribution in [2.45, 2.75) is 13.0 Å². The summed E-state index contributed by atoms with van der Waals surface area (Å²) >= 11 is 3.31. The molecular weight excluding hydrogens is 442 g/mol. The number of nitriles is 1. The van der Waals surface area contributed by atoms with Crippen molar-refractivity contribution in [1.29, 1.82) is 5.26 Å². The van der Waals surface area contributed by atoms with Crippen LogP contribution in [0.4, 0.5) is 10.5 Å². The molecule has 0 saturated carbocycles. The van der Waals surface area contributed by atoms with Crippen molar-refractivity contribution in [3.63, 3.8) is 0 Å². The Balaban J connectivity index is 2.25. The maximum atomic E-state index is 12.4. The van der Waals surface area contributed by atoms with Crippen molar-refractivity contribution >= 4 is 33.6 Å². The number of rotatable bonds is 6. The number of anilines is 1. The highest BCUT2D eigenvalue weighted by Crippen LogP contribution is 2.35. The molecule has 4 N–H and O–H groups in total. The Hall–Kier alpha value is -3.35. The molecule has 0 aliphatic carbocycles. The lowest BCUT2D eigenvalue weighted by Gasteiger charge is -2.23. The number of carbonyl (C=O) groups is 2. The molecule has 0 unspecified atom stereocenters. The predicted molar refractivity (Wildman–Crippen MR) is 108 cm³/mol. The van der Waals surface area contributed by atoms with Gasteiger partial charge in [0.2, 0.25) is 0 Å². The Kier molecular flexibility index (Phi) is 7.77. The number of benzene rings is 2. The number of phenols is 1. The SMILES string of the molecule is C[C@@H](/C=C/C(=O)NO)[C@H](OC(=O)Nc1ccc(C#N)cc1)c1cc(Br)ccc1O. The van der Waals surface area contributed by atoms with Gasteiger partial charge in [0.15, 0.2) is 0 Å².